The first-order chi connectivity index (χ1) is 10.1. The third kappa shape index (κ3) is 2.32. The van der Waals surface area contributed by atoms with Crippen molar-refractivity contribution in [3.8, 4) is 0 Å². The lowest BCUT2D eigenvalue weighted by atomic mass is 10.0. The van der Waals surface area contributed by atoms with Crippen LogP contribution in [0.25, 0.3) is 0 Å². The van der Waals surface area contributed by atoms with Gasteiger partial charge >= 0.3 is 5.97 Å². The molecule has 1 unspecified atom stereocenters. The molecule has 6 nitrogen and oxygen atoms in total. The van der Waals surface area contributed by atoms with Crippen molar-refractivity contribution in [2.24, 2.45) is 0 Å². The van der Waals surface area contributed by atoms with Gasteiger partial charge in [0, 0.05) is 12.1 Å². The molecular formula is C13H12F2N4O2. The van der Waals surface area contributed by atoms with Crippen LogP contribution in [0.1, 0.15) is 28.6 Å². The Morgan fingerprint density at radius 2 is 2.29 bits per heavy atom. The summed E-state index contributed by atoms with van der Waals surface area (Å²) in [5.41, 5.74) is 0.180. The quantitative estimate of drug-likeness (QED) is 0.855. The Kier molecular flexibility index (Phi) is 3.28. The summed E-state index contributed by atoms with van der Waals surface area (Å²) in [6.45, 7) is 0.514. The number of hydrogen-bond donors (Lipinski definition) is 1. The predicted molar refractivity (Wildman–Crippen MR) is 69.0 cm³/mol. The van der Waals surface area contributed by atoms with Crippen molar-refractivity contribution < 1.29 is 18.3 Å². The van der Waals surface area contributed by atoms with Crippen LogP contribution in [0, 0.1) is 11.6 Å². The third-order valence-electron chi connectivity index (χ3n) is 3.31. The molecular weight excluding hydrogens is 282 g/mol. The number of fused-ring (bicyclic) bond motifs is 1. The molecule has 2 aromatic rings. The van der Waals surface area contributed by atoms with Crippen LogP contribution in [-0.4, -0.2) is 34.4 Å². The topological polar surface area (TPSA) is 69.0 Å². The number of carbonyl (C=O) groups excluding carboxylic acids is 1. The Hall–Kier alpha value is -2.51. The van der Waals surface area contributed by atoms with Gasteiger partial charge in [0.2, 0.25) is 5.95 Å². The van der Waals surface area contributed by atoms with Gasteiger partial charge in [0.05, 0.1) is 13.2 Å². The van der Waals surface area contributed by atoms with Crippen LogP contribution >= 0.6 is 0 Å². The second-order valence-electron chi connectivity index (χ2n) is 4.59. The van der Waals surface area contributed by atoms with Crippen LogP contribution in [0.5, 0.6) is 0 Å². The maximum atomic E-state index is 13.9. The molecule has 1 aromatic carbocycles. The number of hydrogen-bond acceptors (Lipinski definition) is 5. The van der Waals surface area contributed by atoms with Crippen molar-refractivity contribution in [1.82, 2.24) is 14.8 Å². The molecule has 1 atom stereocenters. The van der Waals surface area contributed by atoms with Crippen LogP contribution in [0.4, 0.5) is 14.7 Å². The number of methoxy groups -OCH3 is 1. The number of aromatic nitrogens is 3. The van der Waals surface area contributed by atoms with Gasteiger partial charge < -0.3 is 10.1 Å². The van der Waals surface area contributed by atoms with Crippen LogP contribution in [0.3, 0.4) is 0 Å². The van der Waals surface area contributed by atoms with Crippen molar-refractivity contribution in [2.45, 2.75) is 12.5 Å². The zero-order valence-electron chi connectivity index (χ0n) is 11.1. The van der Waals surface area contributed by atoms with Gasteiger partial charge in [0.15, 0.2) is 0 Å². The fourth-order valence-corrected chi connectivity index (χ4v) is 2.34. The molecule has 0 aliphatic carbocycles. The molecule has 1 aliphatic heterocycles. The van der Waals surface area contributed by atoms with Crippen molar-refractivity contribution in [3.63, 3.8) is 0 Å². The molecule has 21 heavy (non-hydrogen) atoms. The largest absolute Gasteiger partial charge is 0.463 e. The Morgan fingerprint density at radius 3 is 3.05 bits per heavy atom. The summed E-state index contributed by atoms with van der Waals surface area (Å²) in [7, 11) is 1.22. The third-order valence-corrected chi connectivity index (χ3v) is 3.31. The summed E-state index contributed by atoms with van der Waals surface area (Å²) in [5, 5.41) is 6.99. The maximum absolute atomic E-state index is 13.9. The number of nitrogens with zero attached hydrogens (tertiary/aromatic N) is 3. The fraction of sp³-hybridized carbons (Fsp3) is 0.308. The minimum atomic E-state index is -0.683. The van der Waals surface area contributed by atoms with Crippen molar-refractivity contribution >= 4 is 11.9 Å². The average molecular weight is 294 g/mol. The lowest BCUT2D eigenvalue weighted by Gasteiger charge is -2.24. The van der Waals surface area contributed by atoms with Gasteiger partial charge in [-0.2, -0.15) is 4.98 Å². The minimum absolute atomic E-state index is 0.122. The van der Waals surface area contributed by atoms with E-state index in [0.29, 0.717) is 18.9 Å². The second kappa shape index (κ2) is 5.12. The number of halogens is 2. The molecule has 0 fully saturated rings. The first-order valence-electron chi connectivity index (χ1n) is 6.34. The number of carbonyl (C=O) groups is 1. The number of benzene rings is 1. The highest BCUT2D eigenvalue weighted by atomic mass is 19.1. The Labute approximate surface area is 118 Å². The molecule has 0 amide bonds. The van der Waals surface area contributed by atoms with E-state index in [2.05, 4.69) is 20.1 Å². The number of esters is 1. The zero-order valence-corrected chi connectivity index (χ0v) is 11.1. The molecule has 8 heteroatoms. The average Bonchev–Trinajstić information content (AvgIpc) is 2.93. The van der Waals surface area contributed by atoms with Gasteiger partial charge in [-0.1, -0.05) is 0 Å². The van der Waals surface area contributed by atoms with E-state index in [0.717, 1.165) is 18.2 Å². The van der Waals surface area contributed by atoms with Crippen molar-refractivity contribution in [2.75, 3.05) is 19.0 Å². The Bertz CT molecular complexity index is 701. The van der Waals surface area contributed by atoms with Crippen molar-refractivity contribution in [3.05, 3.63) is 41.2 Å². The molecule has 0 saturated heterocycles. The highest BCUT2D eigenvalue weighted by Crippen LogP contribution is 2.30. The molecule has 0 bridgehead atoms. The zero-order chi connectivity index (χ0) is 15.0. The Morgan fingerprint density at radius 1 is 1.48 bits per heavy atom. The summed E-state index contributed by atoms with van der Waals surface area (Å²) in [5.74, 6) is -1.53. The monoisotopic (exact) mass is 294 g/mol. The molecule has 110 valence electrons. The van der Waals surface area contributed by atoms with E-state index in [9.17, 15) is 13.6 Å². The molecule has 1 aromatic heterocycles. The van der Waals surface area contributed by atoms with Crippen LogP contribution in [0.2, 0.25) is 0 Å². The van der Waals surface area contributed by atoms with Gasteiger partial charge in [0.1, 0.15) is 11.6 Å². The van der Waals surface area contributed by atoms with E-state index in [1.807, 2.05) is 0 Å². The van der Waals surface area contributed by atoms with Gasteiger partial charge in [-0.3, -0.25) is 0 Å². The van der Waals surface area contributed by atoms with E-state index in [1.165, 1.54) is 11.8 Å². The SMILES string of the molecule is COC(=O)c1nc2n(n1)C(c1cc(F)ccc1F)CCN2. The first kappa shape index (κ1) is 13.5. The highest BCUT2D eigenvalue weighted by molar-refractivity contribution is 5.85. The number of anilines is 1. The molecule has 1 aliphatic rings. The van der Waals surface area contributed by atoms with E-state index >= 15 is 0 Å². The normalized spacial score (nSPS) is 17.0. The highest BCUT2D eigenvalue weighted by Gasteiger charge is 2.28. The number of ether oxygens (including phenoxy) is 1. The van der Waals surface area contributed by atoms with E-state index in [-0.39, 0.29) is 11.4 Å². The smallest absolute Gasteiger partial charge is 0.378 e. The van der Waals surface area contributed by atoms with Crippen LogP contribution < -0.4 is 5.32 Å². The lowest BCUT2D eigenvalue weighted by Crippen LogP contribution is -2.25. The fourth-order valence-electron chi connectivity index (χ4n) is 2.34. The standard InChI is InChI=1S/C13H12F2N4O2/c1-21-12(20)11-17-13-16-5-4-10(19(13)18-11)8-6-7(14)2-3-9(8)15/h2-3,6,10H,4-5H2,1H3,(H,16,17,18). The Balaban J connectivity index is 2.06. The minimum Gasteiger partial charge on any atom is -0.463 e. The summed E-state index contributed by atoms with van der Waals surface area (Å²) < 4.78 is 33.2. The summed E-state index contributed by atoms with van der Waals surface area (Å²) in [4.78, 5) is 15.5. The first-order valence-corrected chi connectivity index (χ1v) is 6.34. The molecule has 1 N–H and O–H groups in total. The van der Waals surface area contributed by atoms with Crippen molar-refractivity contribution in [1.29, 1.82) is 0 Å². The van der Waals surface area contributed by atoms with Crippen LogP contribution in [0.15, 0.2) is 18.2 Å². The van der Waals surface area contributed by atoms with E-state index in [4.69, 9.17) is 0 Å². The van der Waals surface area contributed by atoms with Gasteiger partial charge in [0.25, 0.3) is 5.82 Å². The lowest BCUT2D eigenvalue weighted by molar-refractivity contribution is 0.0586. The van der Waals surface area contributed by atoms with Gasteiger partial charge in [-0.25, -0.2) is 18.3 Å². The maximum Gasteiger partial charge on any atom is 0.378 e. The van der Waals surface area contributed by atoms with Gasteiger partial charge in [-0.15, -0.1) is 5.10 Å². The number of rotatable bonds is 2. The molecule has 0 spiro atoms. The molecule has 0 radical (unpaired) electrons. The summed E-state index contributed by atoms with van der Waals surface area (Å²) >= 11 is 0. The molecule has 0 saturated carbocycles. The van der Waals surface area contributed by atoms with Gasteiger partial charge in [-0.05, 0) is 24.6 Å². The van der Waals surface area contributed by atoms with E-state index < -0.39 is 23.6 Å². The number of nitrogens with one attached hydrogen (secondary N) is 1. The molecule has 2 heterocycles. The van der Waals surface area contributed by atoms with Crippen LogP contribution in [-0.2, 0) is 4.74 Å². The molecule has 3 rings (SSSR count). The van der Waals surface area contributed by atoms with E-state index in [1.54, 1.807) is 0 Å². The summed E-state index contributed by atoms with van der Waals surface area (Å²) in [6, 6.07) is 2.74. The predicted octanol–water partition coefficient (Wildman–Crippen LogP) is 1.75. The summed E-state index contributed by atoms with van der Waals surface area (Å²) in [6.07, 6.45) is 0.497. The second-order valence-corrected chi connectivity index (χ2v) is 4.59.